The molecular formula is C24H22N4O3. The number of ketones is 1. The molecule has 1 aliphatic carbocycles. The van der Waals surface area contributed by atoms with E-state index >= 15 is 0 Å². The summed E-state index contributed by atoms with van der Waals surface area (Å²) in [6.07, 6.45) is 1.80. The van der Waals surface area contributed by atoms with Crippen molar-refractivity contribution in [2.24, 2.45) is 5.73 Å². The van der Waals surface area contributed by atoms with Gasteiger partial charge in [-0.1, -0.05) is 30.3 Å². The summed E-state index contributed by atoms with van der Waals surface area (Å²) in [4.78, 5) is 24.8. The molecule has 7 nitrogen and oxygen atoms in total. The molecule has 1 heterocycles. The first-order valence-corrected chi connectivity index (χ1v) is 10.0. The number of hydrogen-bond acceptors (Lipinski definition) is 7. The first kappa shape index (κ1) is 20.2. The summed E-state index contributed by atoms with van der Waals surface area (Å²) in [5.74, 6) is -0.754. The summed E-state index contributed by atoms with van der Waals surface area (Å²) in [7, 11) is 1.32. The van der Waals surface area contributed by atoms with Gasteiger partial charge in [0.15, 0.2) is 5.78 Å². The first-order valence-electron chi connectivity index (χ1n) is 10.0. The van der Waals surface area contributed by atoms with Gasteiger partial charge in [0.1, 0.15) is 5.82 Å². The molecule has 0 radical (unpaired) electrons. The van der Waals surface area contributed by atoms with E-state index in [1.54, 1.807) is 29.3 Å². The van der Waals surface area contributed by atoms with Gasteiger partial charge in [-0.2, -0.15) is 5.26 Å². The van der Waals surface area contributed by atoms with Crippen molar-refractivity contribution in [1.29, 1.82) is 5.26 Å². The fourth-order valence-corrected chi connectivity index (χ4v) is 4.12. The molecule has 3 N–H and O–H groups in total. The molecule has 0 spiro atoms. The van der Waals surface area contributed by atoms with Crippen LogP contribution in [0, 0.1) is 11.3 Å². The number of hydrazine groups is 1. The Bertz CT molecular complexity index is 1130. The summed E-state index contributed by atoms with van der Waals surface area (Å²) >= 11 is 0. The summed E-state index contributed by atoms with van der Waals surface area (Å²) in [6.45, 7) is 0. The molecule has 0 bridgehead atoms. The smallest absolute Gasteiger partial charge is 0.337 e. The first-order chi connectivity index (χ1) is 15.0. The van der Waals surface area contributed by atoms with Crippen molar-refractivity contribution in [3.63, 3.8) is 0 Å². The lowest BCUT2D eigenvalue weighted by Gasteiger charge is -2.39. The third-order valence-electron chi connectivity index (χ3n) is 5.59. The minimum atomic E-state index is -0.576. The number of Topliss-reactive ketones (excluding diaryl/α,β-unsaturated/α-hetero) is 1. The zero-order chi connectivity index (χ0) is 22.0. The maximum absolute atomic E-state index is 13.0. The Morgan fingerprint density at radius 3 is 2.52 bits per heavy atom. The molecule has 0 saturated heterocycles. The summed E-state index contributed by atoms with van der Waals surface area (Å²) in [5, 5.41) is 11.7. The molecule has 4 rings (SSSR count). The Hall–Kier alpha value is -4.05. The van der Waals surface area contributed by atoms with Crippen molar-refractivity contribution in [1.82, 2.24) is 5.01 Å². The average molecular weight is 414 g/mol. The molecule has 2 aromatic carbocycles. The van der Waals surface area contributed by atoms with Crippen LogP contribution in [0.15, 0.2) is 77.3 Å². The highest BCUT2D eigenvalue weighted by Gasteiger charge is 2.40. The Labute approximate surface area is 180 Å². The van der Waals surface area contributed by atoms with Crippen LogP contribution in [-0.2, 0) is 9.53 Å². The second-order valence-electron chi connectivity index (χ2n) is 7.41. The van der Waals surface area contributed by atoms with Crippen LogP contribution in [0.5, 0.6) is 0 Å². The van der Waals surface area contributed by atoms with Crippen molar-refractivity contribution in [2.75, 3.05) is 12.5 Å². The molecule has 2 aromatic rings. The van der Waals surface area contributed by atoms with E-state index in [-0.39, 0.29) is 11.6 Å². The predicted octanol–water partition coefficient (Wildman–Crippen LogP) is 3.60. The van der Waals surface area contributed by atoms with Crippen LogP contribution >= 0.6 is 0 Å². The van der Waals surface area contributed by atoms with Crippen molar-refractivity contribution >= 4 is 17.4 Å². The highest BCUT2D eigenvalue weighted by Crippen LogP contribution is 2.44. The maximum Gasteiger partial charge on any atom is 0.337 e. The molecule has 31 heavy (non-hydrogen) atoms. The standard InChI is InChI=1S/C24H22N4O3/c1-31-24(30)16-12-10-15(11-13-16)21-18(14-25)23(26)28(27-17-6-3-2-4-7-17)19-8-5-9-20(29)22(19)21/h2-4,6-7,10-13,21,27H,5,8-9,26H2,1H3/t21-/m1/s1. The number of anilines is 1. The number of ether oxygens (including phenoxy) is 1. The zero-order valence-corrected chi connectivity index (χ0v) is 17.1. The van der Waals surface area contributed by atoms with Crippen LogP contribution in [0.4, 0.5) is 5.69 Å². The van der Waals surface area contributed by atoms with E-state index in [0.717, 1.165) is 16.9 Å². The van der Waals surface area contributed by atoms with Crippen LogP contribution in [0.2, 0.25) is 0 Å². The van der Waals surface area contributed by atoms with Crippen molar-refractivity contribution in [3.05, 3.63) is 88.4 Å². The number of benzene rings is 2. The van der Waals surface area contributed by atoms with E-state index < -0.39 is 11.9 Å². The molecular weight excluding hydrogens is 392 g/mol. The van der Waals surface area contributed by atoms with Crippen LogP contribution < -0.4 is 11.2 Å². The van der Waals surface area contributed by atoms with Gasteiger partial charge in [0.25, 0.3) is 0 Å². The summed E-state index contributed by atoms with van der Waals surface area (Å²) < 4.78 is 4.76. The van der Waals surface area contributed by atoms with Gasteiger partial charge < -0.3 is 10.5 Å². The lowest BCUT2D eigenvalue weighted by Crippen LogP contribution is -2.41. The number of esters is 1. The van der Waals surface area contributed by atoms with Gasteiger partial charge in [-0.05, 0) is 42.7 Å². The molecule has 2 aliphatic rings. The number of nitrogens with zero attached hydrogens (tertiary/aromatic N) is 2. The number of methoxy groups -OCH3 is 1. The number of hydrogen-bond donors (Lipinski definition) is 2. The van der Waals surface area contributed by atoms with Gasteiger partial charge in [-0.3, -0.25) is 10.2 Å². The number of nitriles is 1. The lowest BCUT2D eigenvalue weighted by molar-refractivity contribution is -0.116. The van der Waals surface area contributed by atoms with Gasteiger partial charge in [0.05, 0.1) is 35.9 Å². The quantitative estimate of drug-likeness (QED) is 0.736. The molecule has 0 unspecified atom stereocenters. The Kier molecular flexibility index (Phi) is 5.46. The van der Waals surface area contributed by atoms with E-state index in [2.05, 4.69) is 11.5 Å². The Morgan fingerprint density at radius 1 is 1.16 bits per heavy atom. The number of para-hydroxylation sites is 1. The highest BCUT2D eigenvalue weighted by molar-refractivity contribution is 6.00. The SMILES string of the molecule is COC(=O)c1ccc([C@@H]2C(C#N)=C(N)N(Nc3ccccc3)C3=C2C(=O)CCC3)cc1. The number of rotatable bonds is 4. The average Bonchev–Trinajstić information content (AvgIpc) is 2.81. The van der Waals surface area contributed by atoms with Crippen LogP contribution in [0.25, 0.3) is 0 Å². The van der Waals surface area contributed by atoms with Gasteiger partial charge in [-0.15, -0.1) is 0 Å². The topological polar surface area (TPSA) is 108 Å². The molecule has 0 aromatic heterocycles. The number of carbonyl (C=O) groups excluding carboxylic acids is 2. The van der Waals surface area contributed by atoms with Crippen LogP contribution in [-0.4, -0.2) is 23.9 Å². The molecule has 7 heteroatoms. The minimum Gasteiger partial charge on any atom is -0.465 e. The zero-order valence-electron chi connectivity index (χ0n) is 17.1. The molecule has 0 fully saturated rings. The third-order valence-corrected chi connectivity index (χ3v) is 5.59. The number of nitrogens with two attached hydrogens (primary N) is 1. The van der Waals surface area contributed by atoms with Crippen molar-refractivity contribution < 1.29 is 14.3 Å². The van der Waals surface area contributed by atoms with E-state index in [1.165, 1.54) is 7.11 Å². The molecule has 1 aliphatic heterocycles. The normalized spacial score (nSPS) is 18.4. The highest BCUT2D eigenvalue weighted by atomic mass is 16.5. The Morgan fingerprint density at radius 2 is 1.87 bits per heavy atom. The fraction of sp³-hybridized carbons (Fsp3) is 0.208. The van der Waals surface area contributed by atoms with Crippen molar-refractivity contribution in [2.45, 2.75) is 25.2 Å². The Balaban J connectivity index is 1.82. The maximum atomic E-state index is 13.0. The number of allylic oxidation sites excluding steroid dienone is 3. The lowest BCUT2D eigenvalue weighted by atomic mass is 9.76. The minimum absolute atomic E-state index is 0.00315. The summed E-state index contributed by atoms with van der Waals surface area (Å²) in [5.41, 5.74) is 13.3. The van der Waals surface area contributed by atoms with Gasteiger partial charge in [0, 0.05) is 17.7 Å². The molecule has 1 atom stereocenters. The van der Waals surface area contributed by atoms with E-state index in [4.69, 9.17) is 10.5 Å². The second-order valence-corrected chi connectivity index (χ2v) is 7.41. The summed E-state index contributed by atoms with van der Waals surface area (Å²) in [6, 6.07) is 18.4. The largest absolute Gasteiger partial charge is 0.465 e. The van der Waals surface area contributed by atoms with Crippen LogP contribution in [0.1, 0.15) is 41.1 Å². The van der Waals surface area contributed by atoms with E-state index in [0.29, 0.717) is 36.0 Å². The van der Waals surface area contributed by atoms with E-state index in [9.17, 15) is 14.9 Å². The van der Waals surface area contributed by atoms with Gasteiger partial charge >= 0.3 is 5.97 Å². The van der Waals surface area contributed by atoms with Gasteiger partial charge in [-0.25, -0.2) is 9.80 Å². The predicted molar refractivity (Wildman–Crippen MR) is 115 cm³/mol. The second kappa shape index (κ2) is 8.36. The van der Waals surface area contributed by atoms with Crippen molar-refractivity contribution in [3.8, 4) is 6.07 Å². The fourth-order valence-electron chi connectivity index (χ4n) is 4.12. The number of carbonyl (C=O) groups is 2. The molecule has 156 valence electrons. The molecule has 0 amide bonds. The third kappa shape index (κ3) is 3.64. The molecule has 0 saturated carbocycles. The monoisotopic (exact) mass is 414 g/mol. The number of nitrogens with one attached hydrogen (secondary N) is 1. The van der Waals surface area contributed by atoms with E-state index in [1.807, 2.05) is 30.3 Å². The van der Waals surface area contributed by atoms with Gasteiger partial charge in [0.2, 0.25) is 0 Å². The van der Waals surface area contributed by atoms with Crippen LogP contribution in [0.3, 0.4) is 0 Å².